The van der Waals surface area contributed by atoms with Crippen molar-refractivity contribution in [2.24, 2.45) is 0 Å². The van der Waals surface area contributed by atoms with Crippen LogP contribution in [0.2, 0.25) is 0 Å². The first-order valence-electron chi connectivity index (χ1n) is 10.7. The summed E-state index contributed by atoms with van der Waals surface area (Å²) in [6, 6.07) is 7.87. The highest BCUT2D eigenvalue weighted by atomic mass is 32.1. The lowest BCUT2D eigenvalue weighted by molar-refractivity contribution is 0.0984. The number of aryl methyl sites for hydroxylation is 3. The van der Waals surface area contributed by atoms with Gasteiger partial charge in [0.2, 0.25) is 0 Å². The second-order valence-electron chi connectivity index (χ2n) is 8.02. The molecule has 0 saturated carbocycles. The van der Waals surface area contributed by atoms with E-state index in [2.05, 4.69) is 19.2 Å². The summed E-state index contributed by atoms with van der Waals surface area (Å²) in [5, 5.41) is 2.95. The molecule has 1 saturated heterocycles. The van der Waals surface area contributed by atoms with E-state index in [1.165, 1.54) is 4.88 Å². The predicted octanol–water partition coefficient (Wildman–Crippen LogP) is 5.10. The predicted molar refractivity (Wildman–Crippen MR) is 122 cm³/mol. The highest BCUT2D eigenvalue weighted by molar-refractivity contribution is 7.14. The van der Waals surface area contributed by atoms with Crippen LogP contribution in [0.4, 0.5) is 4.79 Å². The zero-order valence-electron chi connectivity index (χ0n) is 18.7. The average Bonchev–Trinajstić information content (AvgIpc) is 3.34. The Bertz CT molecular complexity index is 938. The lowest BCUT2D eigenvalue weighted by Gasteiger charge is -2.24. The monoisotopic (exact) mass is 445 g/mol. The number of amides is 1. The molecule has 0 spiro atoms. The number of nitrogens with one attached hydrogen (secondary N) is 1. The second kappa shape index (κ2) is 10.2. The third-order valence-electron chi connectivity index (χ3n) is 5.97. The molecule has 1 aromatic carbocycles. The molecule has 168 valence electrons. The average molecular weight is 446 g/mol. The molecule has 3 rings (SSSR count). The maximum Gasteiger partial charge on any atom is 0.407 e. The number of ether oxygens (including phenoxy) is 3. The van der Waals surface area contributed by atoms with Gasteiger partial charge in [-0.2, -0.15) is 0 Å². The summed E-state index contributed by atoms with van der Waals surface area (Å²) in [5.41, 5.74) is 1.97. The minimum atomic E-state index is -0.338. The third-order valence-corrected chi connectivity index (χ3v) is 7.30. The SMILES string of the molecule is CC[C@@]1(CCc2sc(C(=O)CCCc3ccc(OC)c(OC)c3)cc2C)COC(=O)N1. The number of carbonyl (C=O) groups excluding carboxylic acids is 2. The van der Waals surface area contributed by atoms with Crippen molar-refractivity contribution in [3.8, 4) is 11.5 Å². The van der Waals surface area contributed by atoms with E-state index < -0.39 is 0 Å². The smallest absolute Gasteiger partial charge is 0.407 e. The first-order chi connectivity index (χ1) is 14.9. The molecule has 1 fully saturated rings. The van der Waals surface area contributed by atoms with Gasteiger partial charge in [-0.15, -0.1) is 11.3 Å². The van der Waals surface area contributed by atoms with Gasteiger partial charge in [-0.1, -0.05) is 13.0 Å². The van der Waals surface area contributed by atoms with Crippen molar-refractivity contribution in [3.63, 3.8) is 0 Å². The van der Waals surface area contributed by atoms with Crippen LogP contribution in [0.1, 0.15) is 58.3 Å². The quantitative estimate of drug-likeness (QED) is 0.487. The topological polar surface area (TPSA) is 73.9 Å². The van der Waals surface area contributed by atoms with Crippen LogP contribution in [0.25, 0.3) is 0 Å². The molecule has 1 aliphatic rings. The van der Waals surface area contributed by atoms with Gasteiger partial charge in [-0.3, -0.25) is 4.79 Å². The number of cyclic esters (lactones) is 1. The maximum absolute atomic E-state index is 12.7. The third kappa shape index (κ3) is 5.58. The van der Waals surface area contributed by atoms with Gasteiger partial charge in [0.15, 0.2) is 17.3 Å². The molecule has 0 aliphatic carbocycles. The van der Waals surface area contributed by atoms with Crippen molar-refractivity contribution in [2.75, 3.05) is 20.8 Å². The molecule has 1 atom stereocenters. The van der Waals surface area contributed by atoms with Crippen molar-refractivity contribution in [3.05, 3.63) is 45.1 Å². The molecule has 0 bridgehead atoms. The molecule has 6 nitrogen and oxygen atoms in total. The van der Waals surface area contributed by atoms with Crippen LogP contribution < -0.4 is 14.8 Å². The lowest BCUT2D eigenvalue weighted by atomic mass is 9.91. The van der Waals surface area contributed by atoms with E-state index in [4.69, 9.17) is 14.2 Å². The first kappa shape index (κ1) is 23.1. The molecule has 31 heavy (non-hydrogen) atoms. The summed E-state index contributed by atoms with van der Waals surface area (Å²) >= 11 is 1.58. The Balaban J connectivity index is 1.54. The van der Waals surface area contributed by atoms with Crippen molar-refractivity contribution in [1.29, 1.82) is 0 Å². The van der Waals surface area contributed by atoms with Crippen LogP contribution in [0, 0.1) is 6.92 Å². The van der Waals surface area contributed by atoms with Crippen LogP contribution in [-0.4, -0.2) is 38.2 Å². The molecule has 1 aliphatic heterocycles. The number of alkyl carbamates (subject to hydrolysis) is 1. The number of Topliss-reactive ketones (excluding diaryl/α,β-unsaturated/α-hetero) is 1. The fourth-order valence-corrected chi connectivity index (χ4v) is 5.01. The van der Waals surface area contributed by atoms with Gasteiger partial charge >= 0.3 is 6.09 Å². The highest BCUT2D eigenvalue weighted by Gasteiger charge is 2.37. The zero-order chi connectivity index (χ0) is 22.4. The maximum atomic E-state index is 12.7. The molecule has 7 heteroatoms. The van der Waals surface area contributed by atoms with Gasteiger partial charge in [-0.25, -0.2) is 4.79 Å². The fraction of sp³-hybridized carbons (Fsp3) is 0.500. The molecule has 0 radical (unpaired) electrons. The zero-order valence-corrected chi connectivity index (χ0v) is 19.5. The molecular weight excluding hydrogens is 414 g/mol. The van der Waals surface area contributed by atoms with Gasteiger partial charge in [0.1, 0.15) is 6.61 Å². The standard InChI is InChI=1S/C24H31NO5S/c1-5-24(15-30-23(27)25-24)12-11-21-16(2)13-22(31-21)18(26)8-6-7-17-9-10-19(28-3)20(14-17)29-4/h9-10,13-14H,5-8,11-12,15H2,1-4H3,(H,25,27)/t24-/m1/s1. The summed E-state index contributed by atoms with van der Waals surface area (Å²) in [4.78, 5) is 26.2. The van der Waals surface area contributed by atoms with Crippen molar-refractivity contribution in [1.82, 2.24) is 5.32 Å². The van der Waals surface area contributed by atoms with Crippen molar-refractivity contribution < 1.29 is 23.8 Å². The Kier molecular flexibility index (Phi) is 7.59. The Labute approximate surface area is 187 Å². The molecule has 0 unspecified atom stereocenters. The van der Waals surface area contributed by atoms with E-state index >= 15 is 0 Å². The van der Waals surface area contributed by atoms with E-state index in [0.29, 0.717) is 24.5 Å². The number of thiophene rings is 1. The normalized spacial score (nSPS) is 17.9. The molecule has 2 aromatic rings. The largest absolute Gasteiger partial charge is 0.493 e. The number of carbonyl (C=O) groups is 2. The van der Waals surface area contributed by atoms with E-state index in [0.717, 1.165) is 48.1 Å². The van der Waals surface area contributed by atoms with Crippen molar-refractivity contribution >= 4 is 23.2 Å². The van der Waals surface area contributed by atoms with E-state index in [9.17, 15) is 9.59 Å². The van der Waals surface area contributed by atoms with E-state index in [1.807, 2.05) is 24.3 Å². The van der Waals surface area contributed by atoms with Gasteiger partial charge in [0, 0.05) is 11.3 Å². The molecule has 1 amide bonds. The Morgan fingerprint density at radius 1 is 1.19 bits per heavy atom. The summed E-state index contributed by atoms with van der Waals surface area (Å²) in [7, 11) is 3.24. The lowest BCUT2D eigenvalue weighted by Crippen LogP contribution is -2.43. The number of ketones is 1. The number of hydrogen-bond acceptors (Lipinski definition) is 6. The van der Waals surface area contributed by atoms with E-state index in [-0.39, 0.29) is 17.4 Å². The fourth-order valence-electron chi connectivity index (χ4n) is 3.86. The number of hydrogen-bond donors (Lipinski definition) is 1. The van der Waals surface area contributed by atoms with Gasteiger partial charge in [-0.05, 0) is 68.4 Å². The Morgan fingerprint density at radius 3 is 2.61 bits per heavy atom. The van der Waals surface area contributed by atoms with Gasteiger partial charge in [0.05, 0.1) is 24.6 Å². The minimum absolute atomic E-state index is 0.183. The van der Waals surface area contributed by atoms with Crippen LogP contribution in [0.5, 0.6) is 11.5 Å². The van der Waals surface area contributed by atoms with Crippen molar-refractivity contribution in [2.45, 2.75) is 57.9 Å². The molecule has 1 aromatic heterocycles. The number of benzene rings is 1. The number of rotatable bonds is 11. The Morgan fingerprint density at radius 2 is 1.97 bits per heavy atom. The summed E-state index contributed by atoms with van der Waals surface area (Å²) < 4.78 is 15.7. The molecule has 1 N–H and O–H groups in total. The number of methoxy groups -OCH3 is 2. The van der Waals surface area contributed by atoms with Gasteiger partial charge in [0.25, 0.3) is 0 Å². The molecule has 2 heterocycles. The second-order valence-corrected chi connectivity index (χ2v) is 9.15. The summed E-state index contributed by atoms with van der Waals surface area (Å²) in [6.45, 7) is 4.52. The van der Waals surface area contributed by atoms with E-state index in [1.54, 1.807) is 25.6 Å². The van der Waals surface area contributed by atoms with Crippen LogP contribution >= 0.6 is 11.3 Å². The summed E-state index contributed by atoms with van der Waals surface area (Å²) in [5.74, 6) is 1.60. The van der Waals surface area contributed by atoms with Crippen LogP contribution in [0.15, 0.2) is 24.3 Å². The van der Waals surface area contributed by atoms with Crippen LogP contribution in [-0.2, 0) is 17.6 Å². The van der Waals surface area contributed by atoms with Gasteiger partial charge < -0.3 is 19.5 Å². The summed E-state index contributed by atoms with van der Waals surface area (Å²) in [6.07, 6.45) is 4.22. The Hall–Kier alpha value is -2.54. The van der Waals surface area contributed by atoms with Crippen LogP contribution in [0.3, 0.4) is 0 Å². The minimum Gasteiger partial charge on any atom is -0.493 e. The highest BCUT2D eigenvalue weighted by Crippen LogP contribution is 2.30. The first-order valence-corrected chi connectivity index (χ1v) is 11.5. The molecular formula is C24H31NO5S.